The molecule has 2 aromatic carbocycles. The summed E-state index contributed by atoms with van der Waals surface area (Å²) in [5.74, 6) is 2.08. The monoisotopic (exact) mass is 310 g/mol. The molecule has 23 heavy (non-hydrogen) atoms. The lowest BCUT2D eigenvalue weighted by Gasteiger charge is -2.08. The molecule has 0 amide bonds. The third kappa shape index (κ3) is 2.68. The molecule has 4 nitrogen and oxygen atoms in total. The number of carbonyl (C=O) groups excluding carboxylic acids is 1. The smallest absolute Gasteiger partial charge is 0.231 e. The van der Waals surface area contributed by atoms with Gasteiger partial charge in [0.1, 0.15) is 5.75 Å². The molecule has 0 unspecified atom stereocenters. The van der Waals surface area contributed by atoms with Crippen LogP contribution in [0.25, 0.3) is 6.08 Å². The number of rotatable bonds is 3. The average Bonchev–Trinajstić information content (AvgIpc) is 2.83. The van der Waals surface area contributed by atoms with E-state index in [-0.39, 0.29) is 5.78 Å². The summed E-state index contributed by atoms with van der Waals surface area (Å²) in [6, 6.07) is 9.24. The number of benzene rings is 2. The molecule has 118 valence electrons. The number of hydrogen-bond acceptors (Lipinski definition) is 4. The highest BCUT2D eigenvalue weighted by atomic mass is 16.5. The highest BCUT2D eigenvalue weighted by molar-refractivity contribution is 6.14. The van der Waals surface area contributed by atoms with Gasteiger partial charge in [-0.05, 0) is 60.9 Å². The lowest BCUT2D eigenvalue weighted by molar-refractivity contribution is 0.101. The third-order valence-electron chi connectivity index (χ3n) is 3.99. The molecule has 2 aromatic rings. The van der Waals surface area contributed by atoms with Crippen molar-refractivity contribution in [3.8, 4) is 17.2 Å². The fourth-order valence-electron chi connectivity index (χ4n) is 2.54. The summed E-state index contributed by atoms with van der Waals surface area (Å²) in [5.41, 5.74) is 3.60. The molecule has 0 aliphatic carbocycles. The molecule has 1 heterocycles. The number of methoxy groups -OCH3 is 2. The maximum atomic E-state index is 12.5. The van der Waals surface area contributed by atoms with E-state index in [9.17, 15) is 4.79 Å². The zero-order valence-electron chi connectivity index (χ0n) is 13.6. The second-order valence-electron chi connectivity index (χ2n) is 5.49. The van der Waals surface area contributed by atoms with Gasteiger partial charge in [-0.1, -0.05) is 6.07 Å². The number of carbonyl (C=O) groups is 1. The molecule has 1 aliphatic heterocycles. The van der Waals surface area contributed by atoms with Crippen LogP contribution in [0.5, 0.6) is 17.2 Å². The summed E-state index contributed by atoms with van der Waals surface area (Å²) in [7, 11) is 3.16. The lowest BCUT2D eigenvalue weighted by atomic mass is 10.0. The first-order chi connectivity index (χ1) is 11.0. The first-order valence-electron chi connectivity index (χ1n) is 7.31. The number of Topliss-reactive ketones (excluding diaryl/α,β-unsaturated/α-hetero) is 1. The predicted molar refractivity (Wildman–Crippen MR) is 88.4 cm³/mol. The number of aryl methyl sites for hydroxylation is 2. The normalized spacial score (nSPS) is 14.6. The Morgan fingerprint density at radius 3 is 2.35 bits per heavy atom. The summed E-state index contributed by atoms with van der Waals surface area (Å²) < 4.78 is 16.2. The molecule has 0 saturated heterocycles. The van der Waals surface area contributed by atoms with E-state index < -0.39 is 0 Å². The summed E-state index contributed by atoms with van der Waals surface area (Å²) >= 11 is 0. The van der Waals surface area contributed by atoms with Crippen LogP contribution in [0.3, 0.4) is 0 Å². The maximum Gasteiger partial charge on any atom is 0.231 e. The van der Waals surface area contributed by atoms with Gasteiger partial charge in [-0.25, -0.2) is 0 Å². The minimum Gasteiger partial charge on any atom is -0.493 e. The van der Waals surface area contributed by atoms with Crippen LogP contribution in [0.15, 0.2) is 36.1 Å². The SMILES string of the molecule is COc1ccc(/C=C2\Oc3cc(C)c(C)cc3C2=O)cc1OC. The molecule has 1 aliphatic rings. The van der Waals surface area contributed by atoms with E-state index in [0.717, 1.165) is 16.7 Å². The van der Waals surface area contributed by atoms with Crippen LogP contribution in [-0.4, -0.2) is 20.0 Å². The van der Waals surface area contributed by atoms with Crippen molar-refractivity contribution in [2.75, 3.05) is 14.2 Å². The zero-order valence-corrected chi connectivity index (χ0v) is 13.6. The second-order valence-corrected chi connectivity index (χ2v) is 5.49. The van der Waals surface area contributed by atoms with E-state index in [4.69, 9.17) is 14.2 Å². The summed E-state index contributed by atoms with van der Waals surface area (Å²) in [5, 5.41) is 0. The first-order valence-corrected chi connectivity index (χ1v) is 7.31. The Kier molecular flexibility index (Phi) is 3.82. The van der Waals surface area contributed by atoms with Crippen LogP contribution < -0.4 is 14.2 Å². The quantitative estimate of drug-likeness (QED) is 0.806. The van der Waals surface area contributed by atoms with Gasteiger partial charge in [0.05, 0.1) is 19.8 Å². The van der Waals surface area contributed by atoms with Gasteiger partial charge in [0.2, 0.25) is 5.78 Å². The molecule has 0 radical (unpaired) electrons. The Balaban J connectivity index is 1.97. The molecule has 0 N–H and O–H groups in total. The van der Waals surface area contributed by atoms with E-state index in [1.54, 1.807) is 26.4 Å². The minimum atomic E-state index is -0.0992. The van der Waals surface area contributed by atoms with Crippen molar-refractivity contribution in [3.05, 3.63) is 58.3 Å². The molecule has 0 saturated carbocycles. The van der Waals surface area contributed by atoms with E-state index in [1.807, 2.05) is 38.1 Å². The van der Waals surface area contributed by atoms with Gasteiger partial charge < -0.3 is 14.2 Å². The van der Waals surface area contributed by atoms with Crippen LogP contribution in [0.1, 0.15) is 27.0 Å². The van der Waals surface area contributed by atoms with Crippen molar-refractivity contribution in [1.29, 1.82) is 0 Å². The molecule has 0 bridgehead atoms. The van der Waals surface area contributed by atoms with Crippen LogP contribution >= 0.6 is 0 Å². The first kappa shape index (κ1) is 15.2. The van der Waals surface area contributed by atoms with Crippen molar-refractivity contribution in [1.82, 2.24) is 0 Å². The Morgan fingerprint density at radius 2 is 1.65 bits per heavy atom. The van der Waals surface area contributed by atoms with Gasteiger partial charge in [-0.2, -0.15) is 0 Å². The molecule has 3 rings (SSSR count). The van der Waals surface area contributed by atoms with Crippen molar-refractivity contribution in [2.24, 2.45) is 0 Å². The van der Waals surface area contributed by atoms with E-state index in [2.05, 4.69) is 0 Å². The maximum absolute atomic E-state index is 12.5. The standard InChI is InChI=1S/C19H18O4/c1-11-7-14-16(8-12(11)2)23-18(19(14)20)10-13-5-6-15(21-3)17(9-13)22-4/h5-10H,1-4H3/b18-10-. The molecule has 0 fully saturated rings. The van der Waals surface area contributed by atoms with Crippen LogP contribution in [-0.2, 0) is 0 Å². The minimum absolute atomic E-state index is 0.0992. The van der Waals surface area contributed by atoms with E-state index in [0.29, 0.717) is 28.6 Å². The van der Waals surface area contributed by atoms with Gasteiger partial charge in [-0.3, -0.25) is 4.79 Å². The Bertz CT molecular complexity index is 818. The van der Waals surface area contributed by atoms with Gasteiger partial charge in [0, 0.05) is 0 Å². The Labute approximate surface area is 135 Å². The Hall–Kier alpha value is -2.75. The molecule has 0 atom stereocenters. The molecule has 0 aromatic heterocycles. The predicted octanol–water partition coefficient (Wildman–Crippen LogP) is 3.94. The highest BCUT2D eigenvalue weighted by Gasteiger charge is 2.27. The Morgan fingerprint density at radius 1 is 0.957 bits per heavy atom. The number of ketones is 1. The molecular weight excluding hydrogens is 292 g/mol. The number of hydrogen-bond donors (Lipinski definition) is 0. The molecular formula is C19H18O4. The molecule has 0 spiro atoms. The van der Waals surface area contributed by atoms with Crippen LogP contribution in [0, 0.1) is 13.8 Å². The summed E-state index contributed by atoms with van der Waals surface area (Å²) in [6.45, 7) is 3.98. The van der Waals surface area contributed by atoms with Crippen molar-refractivity contribution < 1.29 is 19.0 Å². The van der Waals surface area contributed by atoms with Crippen molar-refractivity contribution >= 4 is 11.9 Å². The van der Waals surface area contributed by atoms with Crippen molar-refractivity contribution in [3.63, 3.8) is 0 Å². The summed E-state index contributed by atoms with van der Waals surface area (Å²) in [6.07, 6.45) is 1.72. The number of fused-ring (bicyclic) bond motifs is 1. The van der Waals surface area contributed by atoms with Crippen LogP contribution in [0.2, 0.25) is 0 Å². The van der Waals surface area contributed by atoms with Gasteiger partial charge in [0.25, 0.3) is 0 Å². The fourth-order valence-corrected chi connectivity index (χ4v) is 2.54. The topological polar surface area (TPSA) is 44.8 Å². The second kappa shape index (κ2) is 5.80. The zero-order chi connectivity index (χ0) is 16.6. The van der Waals surface area contributed by atoms with E-state index in [1.165, 1.54) is 0 Å². The number of allylic oxidation sites excluding steroid dienone is 1. The molecule has 4 heteroatoms. The fraction of sp³-hybridized carbons (Fsp3) is 0.211. The van der Waals surface area contributed by atoms with Crippen LogP contribution in [0.4, 0.5) is 0 Å². The highest BCUT2D eigenvalue weighted by Crippen LogP contribution is 2.35. The lowest BCUT2D eigenvalue weighted by Crippen LogP contribution is -1.98. The van der Waals surface area contributed by atoms with Gasteiger partial charge >= 0.3 is 0 Å². The number of ether oxygens (including phenoxy) is 3. The average molecular weight is 310 g/mol. The van der Waals surface area contributed by atoms with Gasteiger partial charge in [-0.15, -0.1) is 0 Å². The summed E-state index contributed by atoms with van der Waals surface area (Å²) in [4.78, 5) is 12.5. The van der Waals surface area contributed by atoms with Crippen molar-refractivity contribution in [2.45, 2.75) is 13.8 Å². The third-order valence-corrected chi connectivity index (χ3v) is 3.99. The van der Waals surface area contributed by atoms with E-state index >= 15 is 0 Å². The van der Waals surface area contributed by atoms with Gasteiger partial charge in [0.15, 0.2) is 17.3 Å². The largest absolute Gasteiger partial charge is 0.493 e.